The standard InChI is InChI=1S/C8H6N4/c9-3-1-7-5-11-6-8(12-7)2-4-10/h5-6H,1-2H2. The lowest BCUT2D eigenvalue weighted by molar-refractivity contribution is 0.984. The van der Waals surface area contributed by atoms with E-state index in [9.17, 15) is 0 Å². The van der Waals surface area contributed by atoms with Gasteiger partial charge in [-0.1, -0.05) is 0 Å². The van der Waals surface area contributed by atoms with E-state index in [1.165, 1.54) is 12.4 Å². The lowest BCUT2D eigenvalue weighted by atomic mass is 10.3. The van der Waals surface area contributed by atoms with Crippen molar-refractivity contribution < 1.29 is 0 Å². The molecule has 0 bridgehead atoms. The Kier molecular flexibility index (Phi) is 2.75. The maximum atomic E-state index is 8.36. The lowest BCUT2D eigenvalue weighted by Crippen LogP contribution is -1.95. The maximum Gasteiger partial charge on any atom is 0.0790 e. The van der Waals surface area contributed by atoms with Crippen LogP contribution in [-0.4, -0.2) is 9.97 Å². The number of hydrogen-bond acceptors (Lipinski definition) is 4. The van der Waals surface area contributed by atoms with Gasteiger partial charge >= 0.3 is 0 Å². The van der Waals surface area contributed by atoms with Crippen LogP contribution in [0.5, 0.6) is 0 Å². The first-order valence-electron chi connectivity index (χ1n) is 3.40. The highest BCUT2D eigenvalue weighted by atomic mass is 14.8. The molecule has 0 aliphatic carbocycles. The summed E-state index contributed by atoms with van der Waals surface area (Å²) in [7, 11) is 0. The molecular formula is C8H6N4. The van der Waals surface area contributed by atoms with Crippen LogP contribution in [0, 0.1) is 22.7 Å². The molecule has 0 radical (unpaired) electrons. The van der Waals surface area contributed by atoms with Crippen molar-refractivity contribution in [3.05, 3.63) is 23.8 Å². The molecule has 0 unspecified atom stereocenters. The monoisotopic (exact) mass is 158 g/mol. The smallest absolute Gasteiger partial charge is 0.0790 e. The van der Waals surface area contributed by atoms with Crippen molar-refractivity contribution in [3.63, 3.8) is 0 Å². The fourth-order valence-electron chi connectivity index (χ4n) is 0.784. The first-order chi connectivity index (χ1) is 5.86. The van der Waals surface area contributed by atoms with E-state index in [-0.39, 0.29) is 12.8 Å². The highest BCUT2D eigenvalue weighted by Crippen LogP contribution is 1.96. The summed E-state index contributed by atoms with van der Waals surface area (Å²) in [6, 6.07) is 3.94. The fraction of sp³-hybridized carbons (Fsp3) is 0.250. The summed E-state index contributed by atoms with van der Waals surface area (Å²) in [4.78, 5) is 7.90. The van der Waals surface area contributed by atoms with Crippen molar-refractivity contribution in [2.45, 2.75) is 12.8 Å². The molecule has 1 heterocycles. The Hall–Kier alpha value is -1.94. The third-order valence-electron chi connectivity index (χ3n) is 1.25. The third-order valence-corrected chi connectivity index (χ3v) is 1.25. The molecule has 4 heteroatoms. The van der Waals surface area contributed by atoms with Crippen LogP contribution < -0.4 is 0 Å². The van der Waals surface area contributed by atoms with Crippen LogP contribution in [0.1, 0.15) is 11.4 Å². The van der Waals surface area contributed by atoms with E-state index in [1.807, 2.05) is 12.1 Å². The van der Waals surface area contributed by atoms with Crippen LogP contribution in [0.4, 0.5) is 0 Å². The Labute approximate surface area is 70.1 Å². The molecule has 0 saturated heterocycles. The number of rotatable bonds is 2. The highest BCUT2D eigenvalue weighted by molar-refractivity contribution is 5.09. The summed E-state index contributed by atoms with van der Waals surface area (Å²) in [5.41, 5.74) is 1.23. The molecule has 0 spiro atoms. The average molecular weight is 158 g/mol. The molecule has 0 amide bonds. The van der Waals surface area contributed by atoms with Crippen LogP contribution >= 0.6 is 0 Å². The Morgan fingerprint density at radius 3 is 2.00 bits per heavy atom. The fourth-order valence-corrected chi connectivity index (χ4v) is 0.784. The van der Waals surface area contributed by atoms with Crippen LogP contribution in [0.25, 0.3) is 0 Å². The Morgan fingerprint density at radius 2 is 1.58 bits per heavy atom. The van der Waals surface area contributed by atoms with E-state index in [0.717, 1.165) is 0 Å². The van der Waals surface area contributed by atoms with Crippen molar-refractivity contribution in [1.82, 2.24) is 9.97 Å². The lowest BCUT2D eigenvalue weighted by Gasteiger charge is -1.94. The van der Waals surface area contributed by atoms with E-state index in [1.54, 1.807) is 0 Å². The minimum absolute atomic E-state index is 0.242. The zero-order chi connectivity index (χ0) is 8.81. The summed E-state index contributed by atoms with van der Waals surface area (Å²) < 4.78 is 0. The quantitative estimate of drug-likeness (QED) is 0.632. The average Bonchev–Trinajstić information content (AvgIpc) is 2.06. The summed E-state index contributed by atoms with van der Waals surface area (Å²) in [6.07, 6.45) is 3.55. The molecule has 1 aromatic rings. The third kappa shape index (κ3) is 2.03. The van der Waals surface area contributed by atoms with Gasteiger partial charge in [-0.05, 0) is 0 Å². The molecule has 1 rings (SSSR count). The van der Waals surface area contributed by atoms with Gasteiger partial charge in [0, 0.05) is 12.4 Å². The zero-order valence-corrected chi connectivity index (χ0v) is 6.36. The molecule has 0 aliphatic rings. The van der Waals surface area contributed by atoms with Crippen LogP contribution in [-0.2, 0) is 12.8 Å². The summed E-state index contributed by atoms with van der Waals surface area (Å²) in [5.74, 6) is 0. The minimum atomic E-state index is 0.242. The molecule has 1 aromatic heterocycles. The van der Waals surface area contributed by atoms with E-state index in [2.05, 4.69) is 9.97 Å². The van der Waals surface area contributed by atoms with Gasteiger partial charge in [0.1, 0.15) is 0 Å². The largest absolute Gasteiger partial charge is 0.261 e. The van der Waals surface area contributed by atoms with Gasteiger partial charge in [-0.25, -0.2) is 0 Å². The van der Waals surface area contributed by atoms with Crippen molar-refractivity contribution >= 4 is 0 Å². The van der Waals surface area contributed by atoms with E-state index in [0.29, 0.717) is 11.4 Å². The highest BCUT2D eigenvalue weighted by Gasteiger charge is 1.96. The number of nitrogens with zero attached hydrogens (tertiary/aromatic N) is 4. The summed E-state index contributed by atoms with van der Waals surface area (Å²) in [6.45, 7) is 0. The molecule has 0 aromatic carbocycles. The van der Waals surface area contributed by atoms with Gasteiger partial charge < -0.3 is 0 Å². The first-order valence-corrected chi connectivity index (χ1v) is 3.40. The summed E-state index contributed by atoms with van der Waals surface area (Å²) >= 11 is 0. The SMILES string of the molecule is N#CCc1cncc(CC#N)n1. The second-order valence-corrected chi connectivity index (χ2v) is 2.17. The Balaban J connectivity index is 2.84. The van der Waals surface area contributed by atoms with Crippen LogP contribution in [0.2, 0.25) is 0 Å². The van der Waals surface area contributed by atoms with Crippen LogP contribution in [0.3, 0.4) is 0 Å². The normalized spacial score (nSPS) is 8.50. The Bertz CT molecular complexity index is 314. The predicted octanol–water partition coefficient (Wildman–Crippen LogP) is 0.609. The van der Waals surface area contributed by atoms with Gasteiger partial charge in [0.15, 0.2) is 0 Å². The molecule has 58 valence electrons. The van der Waals surface area contributed by atoms with Crippen molar-refractivity contribution in [2.75, 3.05) is 0 Å². The van der Waals surface area contributed by atoms with Gasteiger partial charge in [0.05, 0.1) is 36.4 Å². The first kappa shape index (κ1) is 8.16. The molecule has 12 heavy (non-hydrogen) atoms. The molecule has 0 atom stereocenters. The molecule has 0 N–H and O–H groups in total. The summed E-state index contributed by atoms with van der Waals surface area (Å²) in [5, 5.41) is 16.7. The van der Waals surface area contributed by atoms with E-state index in [4.69, 9.17) is 10.5 Å². The minimum Gasteiger partial charge on any atom is -0.261 e. The molecule has 0 aliphatic heterocycles. The number of aromatic nitrogens is 2. The van der Waals surface area contributed by atoms with E-state index >= 15 is 0 Å². The van der Waals surface area contributed by atoms with E-state index < -0.39 is 0 Å². The number of hydrogen-bond donors (Lipinski definition) is 0. The van der Waals surface area contributed by atoms with Gasteiger partial charge in [0.25, 0.3) is 0 Å². The van der Waals surface area contributed by atoms with Crippen molar-refractivity contribution in [2.24, 2.45) is 0 Å². The molecule has 4 nitrogen and oxygen atoms in total. The van der Waals surface area contributed by atoms with Gasteiger partial charge in [-0.15, -0.1) is 0 Å². The van der Waals surface area contributed by atoms with Gasteiger partial charge in [0.2, 0.25) is 0 Å². The predicted molar refractivity (Wildman–Crippen MR) is 40.7 cm³/mol. The van der Waals surface area contributed by atoms with Crippen LogP contribution in [0.15, 0.2) is 12.4 Å². The Morgan fingerprint density at radius 1 is 1.08 bits per heavy atom. The maximum absolute atomic E-state index is 8.36. The second-order valence-electron chi connectivity index (χ2n) is 2.17. The van der Waals surface area contributed by atoms with Crippen molar-refractivity contribution in [3.8, 4) is 12.1 Å². The molecule has 0 saturated carbocycles. The topological polar surface area (TPSA) is 73.4 Å². The molecule has 0 fully saturated rings. The molecular weight excluding hydrogens is 152 g/mol. The van der Waals surface area contributed by atoms with Crippen molar-refractivity contribution in [1.29, 1.82) is 10.5 Å². The van der Waals surface area contributed by atoms with Gasteiger partial charge in [-0.2, -0.15) is 10.5 Å². The zero-order valence-electron chi connectivity index (χ0n) is 6.36. The second kappa shape index (κ2) is 4.05. The van der Waals surface area contributed by atoms with Gasteiger partial charge in [-0.3, -0.25) is 9.97 Å². The number of nitriles is 2.